The molecule has 1 unspecified atom stereocenters. The molecule has 0 aliphatic heterocycles. The van der Waals surface area contributed by atoms with E-state index < -0.39 is 10.0 Å². The number of halogens is 2. The molecule has 138 valence electrons. The molecule has 1 aliphatic rings. The minimum absolute atomic E-state index is 0.00350. The third-order valence-corrected chi connectivity index (χ3v) is 6.53. The molecule has 1 fully saturated rings. The first kappa shape index (κ1) is 19.4. The second-order valence-electron chi connectivity index (χ2n) is 6.29. The van der Waals surface area contributed by atoms with Crippen molar-refractivity contribution in [2.75, 3.05) is 0 Å². The monoisotopic (exact) mass is 456 g/mol. The molecule has 0 spiro atoms. The SMILES string of the molecule is CC(NC(=O)c1cc(S(=O)(=O)NC2CC2)ccc1Br)c1cccc(Cl)c1. The lowest BCUT2D eigenvalue weighted by Gasteiger charge is -2.16. The van der Waals surface area contributed by atoms with Gasteiger partial charge in [0.25, 0.3) is 5.91 Å². The van der Waals surface area contributed by atoms with Crippen molar-refractivity contribution in [2.24, 2.45) is 0 Å². The molecule has 0 bridgehead atoms. The van der Waals surface area contributed by atoms with Crippen LogP contribution < -0.4 is 10.0 Å². The molecule has 2 aromatic rings. The Morgan fingerprint density at radius 2 is 1.96 bits per heavy atom. The largest absolute Gasteiger partial charge is 0.345 e. The van der Waals surface area contributed by atoms with E-state index in [1.54, 1.807) is 18.2 Å². The molecule has 26 heavy (non-hydrogen) atoms. The number of sulfonamides is 1. The fourth-order valence-electron chi connectivity index (χ4n) is 2.47. The first-order valence-corrected chi connectivity index (χ1v) is 10.8. The van der Waals surface area contributed by atoms with Crippen molar-refractivity contribution >= 4 is 43.5 Å². The van der Waals surface area contributed by atoms with Gasteiger partial charge in [0.2, 0.25) is 10.0 Å². The van der Waals surface area contributed by atoms with Gasteiger partial charge in [-0.05, 0) is 71.6 Å². The highest BCUT2D eigenvalue weighted by Crippen LogP contribution is 2.26. The highest BCUT2D eigenvalue weighted by Gasteiger charge is 2.28. The lowest BCUT2D eigenvalue weighted by molar-refractivity contribution is 0.0939. The van der Waals surface area contributed by atoms with Crippen LogP contribution in [0.2, 0.25) is 5.02 Å². The number of rotatable bonds is 6. The molecule has 1 aliphatic carbocycles. The normalized spacial score (nSPS) is 15.5. The minimum Gasteiger partial charge on any atom is -0.345 e. The molecular weight excluding hydrogens is 440 g/mol. The standard InChI is InChI=1S/C18H18BrClN2O3S/c1-11(12-3-2-4-13(20)9-12)21-18(23)16-10-15(7-8-17(16)19)26(24,25)22-14-5-6-14/h2-4,7-11,14,22H,5-6H2,1H3,(H,21,23). The topological polar surface area (TPSA) is 75.3 Å². The van der Waals surface area contributed by atoms with Gasteiger partial charge in [-0.15, -0.1) is 0 Å². The molecule has 0 heterocycles. The first-order chi connectivity index (χ1) is 12.3. The third kappa shape index (κ3) is 4.65. The van der Waals surface area contributed by atoms with Gasteiger partial charge in [-0.2, -0.15) is 0 Å². The Bertz CT molecular complexity index is 945. The zero-order valence-corrected chi connectivity index (χ0v) is 17.2. The summed E-state index contributed by atoms with van der Waals surface area (Å²) in [4.78, 5) is 12.7. The second kappa shape index (κ2) is 7.68. The van der Waals surface area contributed by atoms with Crippen molar-refractivity contribution in [3.63, 3.8) is 0 Å². The van der Waals surface area contributed by atoms with E-state index in [0.29, 0.717) is 9.50 Å². The van der Waals surface area contributed by atoms with E-state index in [-0.39, 0.29) is 28.4 Å². The lowest BCUT2D eigenvalue weighted by Crippen LogP contribution is -2.28. The van der Waals surface area contributed by atoms with Crippen molar-refractivity contribution in [1.82, 2.24) is 10.0 Å². The van der Waals surface area contributed by atoms with Gasteiger partial charge in [-0.25, -0.2) is 13.1 Å². The molecule has 2 N–H and O–H groups in total. The average molecular weight is 458 g/mol. The Hall–Kier alpha value is -1.41. The number of benzene rings is 2. The smallest absolute Gasteiger partial charge is 0.252 e. The van der Waals surface area contributed by atoms with E-state index in [2.05, 4.69) is 26.0 Å². The maximum Gasteiger partial charge on any atom is 0.252 e. The van der Waals surface area contributed by atoms with Crippen LogP contribution in [0.5, 0.6) is 0 Å². The maximum atomic E-state index is 12.7. The van der Waals surface area contributed by atoms with Gasteiger partial charge in [0.05, 0.1) is 16.5 Å². The minimum atomic E-state index is -3.62. The zero-order chi connectivity index (χ0) is 18.9. The van der Waals surface area contributed by atoms with Crippen LogP contribution >= 0.6 is 27.5 Å². The molecule has 8 heteroatoms. The zero-order valence-electron chi connectivity index (χ0n) is 14.0. The Morgan fingerprint density at radius 3 is 2.62 bits per heavy atom. The van der Waals surface area contributed by atoms with Crippen molar-refractivity contribution < 1.29 is 13.2 Å². The number of hydrogen-bond acceptors (Lipinski definition) is 3. The average Bonchev–Trinajstić information content (AvgIpc) is 3.38. The summed E-state index contributed by atoms with van der Waals surface area (Å²) in [6.07, 6.45) is 1.69. The third-order valence-electron chi connectivity index (χ3n) is 4.09. The molecule has 1 atom stereocenters. The van der Waals surface area contributed by atoms with Crippen LogP contribution in [0.3, 0.4) is 0 Å². The van der Waals surface area contributed by atoms with Gasteiger partial charge in [-0.3, -0.25) is 4.79 Å². The Morgan fingerprint density at radius 1 is 1.23 bits per heavy atom. The van der Waals surface area contributed by atoms with Crippen LogP contribution in [0.25, 0.3) is 0 Å². The first-order valence-electron chi connectivity index (χ1n) is 8.14. The van der Waals surface area contributed by atoms with Crippen molar-refractivity contribution in [1.29, 1.82) is 0 Å². The quantitative estimate of drug-likeness (QED) is 0.687. The van der Waals surface area contributed by atoms with Gasteiger partial charge in [-0.1, -0.05) is 23.7 Å². The van der Waals surface area contributed by atoms with Crippen molar-refractivity contribution in [3.8, 4) is 0 Å². The van der Waals surface area contributed by atoms with E-state index in [1.165, 1.54) is 12.1 Å². The molecule has 0 saturated heterocycles. The lowest BCUT2D eigenvalue weighted by atomic mass is 10.1. The fraction of sp³-hybridized carbons (Fsp3) is 0.278. The summed E-state index contributed by atoms with van der Waals surface area (Å²) in [6.45, 7) is 1.84. The summed E-state index contributed by atoms with van der Waals surface area (Å²) in [6, 6.07) is 11.4. The van der Waals surface area contributed by atoms with Gasteiger partial charge >= 0.3 is 0 Å². The number of amides is 1. The predicted octanol–water partition coefficient (Wildman–Crippen LogP) is 4.03. The van der Waals surface area contributed by atoms with Crippen LogP contribution in [0.4, 0.5) is 0 Å². The van der Waals surface area contributed by atoms with Crippen LogP contribution in [-0.2, 0) is 10.0 Å². The van der Waals surface area contributed by atoms with E-state index in [4.69, 9.17) is 11.6 Å². The van der Waals surface area contributed by atoms with Gasteiger partial charge in [0, 0.05) is 15.5 Å². The summed E-state index contributed by atoms with van der Waals surface area (Å²) in [7, 11) is -3.62. The van der Waals surface area contributed by atoms with Crippen LogP contribution in [0.15, 0.2) is 51.8 Å². The number of hydrogen-bond donors (Lipinski definition) is 2. The van der Waals surface area contributed by atoms with Crippen LogP contribution in [-0.4, -0.2) is 20.4 Å². The molecule has 3 rings (SSSR count). The van der Waals surface area contributed by atoms with Gasteiger partial charge in [0.1, 0.15) is 0 Å². The Kier molecular flexibility index (Phi) is 5.72. The highest BCUT2D eigenvalue weighted by atomic mass is 79.9. The summed E-state index contributed by atoms with van der Waals surface area (Å²) >= 11 is 9.31. The summed E-state index contributed by atoms with van der Waals surface area (Å²) in [5, 5.41) is 3.46. The predicted molar refractivity (Wildman–Crippen MR) is 105 cm³/mol. The number of carbonyl (C=O) groups is 1. The van der Waals surface area contributed by atoms with E-state index in [1.807, 2.05) is 19.1 Å². The maximum absolute atomic E-state index is 12.7. The van der Waals surface area contributed by atoms with E-state index in [9.17, 15) is 13.2 Å². The molecule has 0 radical (unpaired) electrons. The van der Waals surface area contributed by atoms with Gasteiger partial charge < -0.3 is 5.32 Å². The van der Waals surface area contributed by atoms with E-state index in [0.717, 1.165) is 18.4 Å². The Labute approximate surface area is 166 Å². The van der Waals surface area contributed by atoms with Crippen molar-refractivity contribution in [3.05, 3.63) is 63.1 Å². The molecule has 0 aromatic heterocycles. The van der Waals surface area contributed by atoms with Crippen molar-refractivity contribution in [2.45, 2.75) is 36.7 Å². The second-order valence-corrected chi connectivity index (χ2v) is 9.29. The highest BCUT2D eigenvalue weighted by molar-refractivity contribution is 9.10. The fourth-order valence-corrected chi connectivity index (χ4v) is 4.42. The molecule has 1 amide bonds. The molecule has 5 nitrogen and oxygen atoms in total. The van der Waals surface area contributed by atoms with E-state index >= 15 is 0 Å². The summed E-state index contributed by atoms with van der Waals surface area (Å²) < 4.78 is 27.9. The molecule has 1 saturated carbocycles. The molecular formula is C18H18BrClN2O3S. The van der Waals surface area contributed by atoms with Crippen LogP contribution in [0.1, 0.15) is 41.7 Å². The summed E-state index contributed by atoms with van der Waals surface area (Å²) in [5.74, 6) is -0.368. The van der Waals surface area contributed by atoms with Crippen LogP contribution in [0, 0.1) is 0 Å². The number of nitrogens with one attached hydrogen (secondary N) is 2. The molecule has 2 aromatic carbocycles. The van der Waals surface area contributed by atoms with Gasteiger partial charge in [0.15, 0.2) is 0 Å². The number of carbonyl (C=O) groups excluding carboxylic acids is 1. The summed E-state index contributed by atoms with van der Waals surface area (Å²) in [5.41, 5.74) is 1.12. The Balaban J connectivity index is 1.81.